The summed E-state index contributed by atoms with van der Waals surface area (Å²) in [6, 6.07) is 7.23. The lowest BCUT2D eigenvalue weighted by Gasteiger charge is -2.36. The second-order valence-electron chi connectivity index (χ2n) is 5.36. The molecule has 2 aromatic rings. The van der Waals surface area contributed by atoms with Crippen molar-refractivity contribution in [3.05, 3.63) is 51.3 Å². The van der Waals surface area contributed by atoms with E-state index in [1.54, 1.807) is 11.0 Å². The zero-order valence-electron chi connectivity index (χ0n) is 12.6. The van der Waals surface area contributed by atoms with Gasteiger partial charge in [-0.15, -0.1) is 0 Å². The van der Waals surface area contributed by atoms with Gasteiger partial charge in [0.25, 0.3) is 0 Å². The fourth-order valence-electron chi connectivity index (χ4n) is 2.69. The molecule has 1 N–H and O–H groups in total. The maximum absolute atomic E-state index is 12.6. The lowest BCUT2D eigenvalue weighted by molar-refractivity contribution is -0.394. The monoisotopic (exact) mass is 350 g/mol. The van der Waals surface area contributed by atoms with Crippen LogP contribution in [0.3, 0.4) is 0 Å². The lowest BCUT2D eigenvalue weighted by atomic mass is 10.0. The standard InChI is InChI=1S/C14H15ClN6O3/c15-11-3-1-2-10(6-11)12-7-16-4-5-20(12)13(22)8-19-9-17-14(18-19)21(23)24/h1-3,6,9,12,16H,4-5,7-8H2. The van der Waals surface area contributed by atoms with Crippen molar-refractivity contribution in [1.82, 2.24) is 25.0 Å². The Morgan fingerprint density at radius 2 is 2.33 bits per heavy atom. The zero-order chi connectivity index (χ0) is 17.1. The molecule has 1 amide bonds. The predicted octanol–water partition coefficient (Wildman–Crippen LogP) is 1.01. The molecule has 0 saturated carbocycles. The van der Waals surface area contributed by atoms with Gasteiger partial charge in [-0.05, 0) is 22.6 Å². The first-order chi connectivity index (χ1) is 11.5. The van der Waals surface area contributed by atoms with Crippen molar-refractivity contribution < 1.29 is 9.72 Å². The highest BCUT2D eigenvalue weighted by Crippen LogP contribution is 2.25. The van der Waals surface area contributed by atoms with Gasteiger partial charge in [-0.25, -0.2) is 0 Å². The molecule has 1 aliphatic heterocycles. The minimum Gasteiger partial charge on any atom is -0.390 e. The number of halogens is 1. The minimum absolute atomic E-state index is 0.0993. The second kappa shape index (κ2) is 6.93. The number of nitrogens with zero attached hydrogens (tertiary/aromatic N) is 5. The van der Waals surface area contributed by atoms with E-state index in [-0.39, 0.29) is 18.5 Å². The summed E-state index contributed by atoms with van der Waals surface area (Å²) in [4.78, 5) is 27.8. The van der Waals surface area contributed by atoms with E-state index in [1.807, 2.05) is 18.2 Å². The Morgan fingerprint density at radius 3 is 3.04 bits per heavy atom. The molecule has 0 radical (unpaired) electrons. The average molecular weight is 351 g/mol. The summed E-state index contributed by atoms with van der Waals surface area (Å²) in [5.41, 5.74) is 0.938. The van der Waals surface area contributed by atoms with Gasteiger partial charge >= 0.3 is 5.95 Å². The van der Waals surface area contributed by atoms with E-state index in [2.05, 4.69) is 15.4 Å². The molecule has 9 nitrogen and oxygen atoms in total. The van der Waals surface area contributed by atoms with Gasteiger partial charge in [0.2, 0.25) is 12.2 Å². The van der Waals surface area contributed by atoms with E-state index < -0.39 is 10.9 Å². The zero-order valence-corrected chi connectivity index (χ0v) is 13.4. The highest BCUT2D eigenvalue weighted by molar-refractivity contribution is 6.30. The predicted molar refractivity (Wildman–Crippen MR) is 85.5 cm³/mol. The number of nitro groups is 1. The summed E-state index contributed by atoms with van der Waals surface area (Å²) in [5, 5.41) is 18.2. The van der Waals surface area contributed by atoms with Crippen molar-refractivity contribution in [3.63, 3.8) is 0 Å². The van der Waals surface area contributed by atoms with Crippen molar-refractivity contribution in [2.45, 2.75) is 12.6 Å². The summed E-state index contributed by atoms with van der Waals surface area (Å²) in [5.74, 6) is -0.698. The average Bonchev–Trinajstić information content (AvgIpc) is 3.03. The Bertz CT molecular complexity index is 764. The molecule has 1 unspecified atom stereocenters. The van der Waals surface area contributed by atoms with Crippen LogP contribution in [0.1, 0.15) is 11.6 Å². The van der Waals surface area contributed by atoms with Crippen LogP contribution in [-0.2, 0) is 11.3 Å². The van der Waals surface area contributed by atoms with Crippen LogP contribution in [0.2, 0.25) is 5.02 Å². The molecule has 0 bridgehead atoms. The number of hydrogen-bond donors (Lipinski definition) is 1. The number of carbonyl (C=O) groups is 1. The number of piperazine rings is 1. The molecule has 1 aliphatic rings. The first-order valence-electron chi connectivity index (χ1n) is 7.34. The fourth-order valence-corrected chi connectivity index (χ4v) is 2.89. The van der Waals surface area contributed by atoms with Crippen molar-refractivity contribution in [3.8, 4) is 0 Å². The van der Waals surface area contributed by atoms with E-state index in [0.717, 1.165) is 5.56 Å². The highest BCUT2D eigenvalue weighted by Gasteiger charge is 2.29. The molecule has 126 valence electrons. The number of hydrogen-bond acceptors (Lipinski definition) is 6. The van der Waals surface area contributed by atoms with Gasteiger partial charge in [0, 0.05) is 29.8 Å². The van der Waals surface area contributed by atoms with Crippen LogP contribution >= 0.6 is 11.6 Å². The fraction of sp³-hybridized carbons (Fsp3) is 0.357. The number of benzene rings is 1. The van der Waals surface area contributed by atoms with Gasteiger partial charge < -0.3 is 20.3 Å². The molecule has 2 heterocycles. The van der Waals surface area contributed by atoms with Crippen molar-refractivity contribution in [1.29, 1.82) is 0 Å². The number of aromatic nitrogens is 3. The molecular weight excluding hydrogens is 336 g/mol. The van der Waals surface area contributed by atoms with E-state index in [0.29, 0.717) is 24.7 Å². The number of amides is 1. The van der Waals surface area contributed by atoms with Crippen LogP contribution < -0.4 is 5.32 Å². The summed E-state index contributed by atoms with van der Waals surface area (Å²) >= 11 is 6.04. The van der Waals surface area contributed by atoms with Crippen molar-refractivity contribution in [2.24, 2.45) is 0 Å². The third-order valence-corrected chi connectivity index (χ3v) is 4.02. The normalized spacial score (nSPS) is 17.7. The first kappa shape index (κ1) is 16.3. The maximum Gasteiger partial charge on any atom is 0.490 e. The van der Waals surface area contributed by atoms with Crippen LogP contribution in [0.15, 0.2) is 30.6 Å². The molecule has 10 heteroatoms. The van der Waals surface area contributed by atoms with Crippen molar-refractivity contribution in [2.75, 3.05) is 19.6 Å². The third-order valence-electron chi connectivity index (χ3n) is 3.78. The first-order valence-corrected chi connectivity index (χ1v) is 7.72. The Hall–Kier alpha value is -2.52. The largest absolute Gasteiger partial charge is 0.490 e. The number of rotatable bonds is 4. The van der Waals surface area contributed by atoms with E-state index in [1.165, 1.54) is 11.0 Å². The topological polar surface area (TPSA) is 106 Å². The summed E-state index contributed by atoms with van der Waals surface area (Å²) in [6.45, 7) is 1.73. The SMILES string of the molecule is O=C(Cn1cnc([N+](=O)[O-])n1)N1CCNCC1c1cccc(Cl)c1. The Morgan fingerprint density at radius 1 is 1.50 bits per heavy atom. The molecule has 0 aliphatic carbocycles. The number of nitrogens with one attached hydrogen (secondary N) is 1. The minimum atomic E-state index is -0.694. The Kier molecular flexibility index (Phi) is 4.72. The van der Waals surface area contributed by atoms with Crippen LogP contribution in [0.4, 0.5) is 5.95 Å². The molecular formula is C14H15ClN6O3. The van der Waals surface area contributed by atoms with Gasteiger partial charge in [-0.1, -0.05) is 28.7 Å². The van der Waals surface area contributed by atoms with Gasteiger partial charge in [0.1, 0.15) is 6.54 Å². The molecule has 1 saturated heterocycles. The van der Waals surface area contributed by atoms with Gasteiger partial charge in [0.05, 0.1) is 6.04 Å². The lowest BCUT2D eigenvalue weighted by Crippen LogP contribution is -2.49. The quantitative estimate of drug-likeness (QED) is 0.651. The molecule has 1 aromatic heterocycles. The molecule has 1 fully saturated rings. The maximum atomic E-state index is 12.6. The summed E-state index contributed by atoms with van der Waals surface area (Å²) < 4.78 is 1.18. The van der Waals surface area contributed by atoms with Gasteiger partial charge in [0.15, 0.2) is 0 Å². The van der Waals surface area contributed by atoms with Crippen LogP contribution in [-0.4, -0.2) is 50.1 Å². The van der Waals surface area contributed by atoms with Gasteiger partial charge in [-0.3, -0.25) is 4.79 Å². The smallest absolute Gasteiger partial charge is 0.390 e. The van der Waals surface area contributed by atoms with Crippen LogP contribution in [0.25, 0.3) is 0 Å². The Labute approximate surface area is 142 Å². The molecule has 3 rings (SSSR count). The second-order valence-corrected chi connectivity index (χ2v) is 5.80. The van der Waals surface area contributed by atoms with Crippen molar-refractivity contribution >= 4 is 23.5 Å². The van der Waals surface area contributed by atoms with Crippen LogP contribution in [0, 0.1) is 10.1 Å². The summed E-state index contributed by atoms with van der Waals surface area (Å²) in [7, 11) is 0. The van der Waals surface area contributed by atoms with E-state index in [9.17, 15) is 14.9 Å². The molecule has 0 spiro atoms. The Balaban J connectivity index is 1.76. The van der Waals surface area contributed by atoms with E-state index >= 15 is 0 Å². The molecule has 1 atom stereocenters. The molecule has 1 aromatic carbocycles. The van der Waals surface area contributed by atoms with Gasteiger partial charge in [-0.2, -0.15) is 4.68 Å². The van der Waals surface area contributed by atoms with E-state index in [4.69, 9.17) is 11.6 Å². The molecule has 24 heavy (non-hydrogen) atoms. The van der Waals surface area contributed by atoms with Crippen LogP contribution in [0.5, 0.6) is 0 Å². The summed E-state index contributed by atoms with van der Waals surface area (Å²) in [6.07, 6.45) is 1.19. The third kappa shape index (κ3) is 3.52. The number of carbonyl (C=O) groups excluding carboxylic acids is 1. The highest BCUT2D eigenvalue weighted by atomic mass is 35.5.